The van der Waals surface area contributed by atoms with E-state index in [0.717, 1.165) is 57.9 Å². The zero-order valence-corrected chi connectivity index (χ0v) is 27.2. The topological polar surface area (TPSA) is 93.3 Å². The Morgan fingerprint density at radius 3 is 1.88 bits per heavy atom. The molecule has 0 radical (unpaired) electrons. The highest BCUT2D eigenvalue weighted by atomic mass is 32.2. The average molecular weight is 620 g/mol. The average Bonchev–Trinajstić information content (AvgIpc) is 3.00. The van der Waals surface area contributed by atoms with Crippen LogP contribution in [-0.4, -0.2) is 96.8 Å². The molecular formula is C31H49N5O4S2. The minimum Gasteiger partial charge on any atom is -0.384 e. The van der Waals surface area contributed by atoms with Crippen molar-refractivity contribution in [2.45, 2.75) is 68.1 Å². The fraction of sp³-hybridized carbons (Fsp3) is 0.613. The molecule has 0 aromatic heterocycles. The molecule has 2 aromatic rings. The summed E-state index contributed by atoms with van der Waals surface area (Å²) in [6, 6.07) is 13.5. The summed E-state index contributed by atoms with van der Waals surface area (Å²) in [5.74, 6) is 0. The van der Waals surface area contributed by atoms with Crippen LogP contribution in [0.15, 0.2) is 52.3 Å². The van der Waals surface area contributed by atoms with Crippen molar-refractivity contribution in [1.82, 2.24) is 13.5 Å². The van der Waals surface area contributed by atoms with Crippen molar-refractivity contribution in [3.8, 4) is 0 Å². The predicted octanol–water partition coefficient (Wildman–Crippen LogP) is 4.47. The van der Waals surface area contributed by atoms with Gasteiger partial charge in [0.15, 0.2) is 0 Å². The first kappa shape index (κ1) is 32.7. The maximum Gasteiger partial charge on any atom is 0.245 e. The SMILES string of the molecule is CCN(CCN(C)C)c1cc(NCCCc2ccccc2)c(S(=O)(=O)N2CCCCC2)cc1S(=O)(=O)N1CCCCC1. The molecule has 0 aliphatic carbocycles. The number of benzene rings is 2. The van der Waals surface area contributed by atoms with E-state index in [0.29, 0.717) is 57.2 Å². The molecular weight excluding hydrogens is 571 g/mol. The van der Waals surface area contributed by atoms with Gasteiger partial charge in [0, 0.05) is 52.4 Å². The summed E-state index contributed by atoms with van der Waals surface area (Å²) in [4.78, 5) is 4.28. The van der Waals surface area contributed by atoms with Crippen LogP contribution in [0.5, 0.6) is 0 Å². The maximum absolute atomic E-state index is 14.2. The molecule has 9 nitrogen and oxygen atoms in total. The van der Waals surface area contributed by atoms with Crippen LogP contribution in [0, 0.1) is 0 Å². The summed E-state index contributed by atoms with van der Waals surface area (Å²) in [7, 11) is -3.83. The number of nitrogens with one attached hydrogen (secondary N) is 1. The second-order valence-electron chi connectivity index (χ2n) is 11.6. The van der Waals surface area contributed by atoms with Crippen LogP contribution in [0.2, 0.25) is 0 Å². The van der Waals surface area contributed by atoms with Crippen LogP contribution in [0.3, 0.4) is 0 Å². The quantitative estimate of drug-likeness (QED) is 0.312. The second kappa shape index (κ2) is 15.0. The van der Waals surface area contributed by atoms with Crippen LogP contribution in [0.25, 0.3) is 0 Å². The number of aryl methyl sites for hydroxylation is 1. The largest absolute Gasteiger partial charge is 0.384 e. The number of anilines is 2. The number of hydrogen-bond acceptors (Lipinski definition) is 7. The number of piperidine rings is 2. The molecule has 0 spiro atoms. The Labute approximate surface area is 254 Å². The van der Waals surface area contributed by atoms with E-state index < -0.39 is 20.0 Å². The first-order valence-electron chi connectivity index (χ1n) is 15.5. The van der Waals surface area contributed by atoms with Gasteiger partial charge in [0.1, 0.15) is 9.79 Å². The molecule has 2 aliphatic rings. The number of nitrogens with zero attached hydrogens (tertiary/aromatic N) is 4. The van der Waals surface area contributed by atoms with Crippen molar-refractivity contribution in [1.29, 1.82) is 0 Å². The van der Waals surface area contributed by atoms with Crippen molar-refractivity contribution in [3.05, 3.63) is 48.0 Å². The van der Waals surface area contributed by atoms with Gasteiger partial charge in [0.25, 0.3) is 0 Å². The third kappa shape index (κ3) is 8.05. The van der Waals surface area contributed by atoms with Crippen molar-refractivity contribution >= 4 is 31.4 Å². The van der Waals surface area contributed by atoms with Crippen LogP contribution in [0.1, 0.15) is 57.4 Å². The molecule has 2 aromatic carbocycles. The summed E-state index contributed by atoms with van der Waals surface area (Å²) < 4.78 is 59.8. The molecule has 4 rings (SSSR count). The van der Waals surface area contributed by atoms with Gasteiger partial charge >= 0.3 is 0 Å². The molecule has 2 aliphatic heterocycles. The summed E-state index contributed by atoms with van der Waals surface area (Å²) >= 11 is 0. The van der Waals surface area contributed by atoms with Crippen LogP contribution in [0.4, 0.5) is 11.4 Å². The first-order valence-corrected chi connectivity index (χ1v) is 18.4. The Kier molecular flexibility index (Phi) is 11.7. The predicted molar refractivity (Wildman–Crippen MR) is 171 cm³/mol. The van der Waals surface area contributed by atoms with Gasteiger partial charge in [0.05, 0.1) is 11.4 Å². The van der Waals surface area contributed by atoms with Gasteiger partial charge in [0.2, 0.25) is 20.0 Å². The molecule has 234 valence electrons. The highest BCUT2D eigenvalue weighted by Gasteiger charge is 2.35. The van der Waals surface area contributed by atoms with Crippen LogP contribution < -0.4 is 10.2 Å². The second-order valence-corrected chi connectivity index (χ2v) is 15.5. The van der Waals surface area contributed by atoms with E-state index in [1.165, 1.54) is 15.9 Å². The van der Waals surface area contributed by atoms with Gasteiger partial charge in [-0.05, 0) is 77.2 Å². The van der Waals surface area contributed by atoms with Gasteiger partial charge in [-0.15, -0.1) is 0 Å². The zero-order chi connectivity index (χ0) is 30.2. The lowest BCUT2D eigenvalue weighted by molar-refractivity contribution is 0.345. The van der Waals surface area contributed by atoms with Gasteiger partial charge < -0.3 is 15.1 Å². The Bertz CT molecular complexity index is 1360. The molecule has 2 heterocycles. The summed E-state index contributed by atoms with van der Waals surface area (Å²) in [6.45, 7) is 6.37. The Morgan fingerprint density at radius 2 is 1.33 bits per heavy atom. The van der Waals surface area contributed by atoms with Gasteiger partial charge in [-0.3, -0.25) is 0 Å². The standard InChI is InChI=1S/C31H49N5O4S2/c1-4-34(24-23-33(2)3)29-25-28(32-18-14-17-27-15-8-5-9-16-27)30(41(37,38)35-19-10-6-11-20-35)26-31(29)42(39,40)36-21-12-7-13-22-36/h5,8-9,15-16,25-26,32H,4,6-7,10-14,17-24H2,1-3H3. The first-order chi connectivity index (χ1) is 20.1. The fourth-order valence-electron chi connectivity index (χ4n) is 5.77. The van der Waals surface area contributed by atoms with E-state index in [9.17, 15) is 16.8 Å². The van der Waals surface area contributed by atoms with Crippen molar-refractivity contribution in [3.63, 3.8) is 0 Å². The van der Waals surface area contributed by atoms with E-state index in [1.54, 1.807) is 10.4 Å². The maximum atomic E-state index is 14.2. The Morgan fingerprint density at radius 1 is 0.762 bits per heavy atom. The third-order valence-corrected chi connectivity index (χ3v) is 12.1. The number of sulfonamides is 2. The smallest absolute Gasteiger partial charge is 0.245 e. The van der Waals surface area contributed by atoms with Crippen molar-refractivity contribution in [2.75, 3.05) is 76.7 Å². The van der Waals surface area contributed by atoms with Crippen molar-refractivity contribution in [2.24, 2.45) is 0 Å². The fourth-order valence-corrected chi connectivity index (χ4v) is 9.28. The Balaban J connectivity index is 1.79. The highest BCUT2D eigenvalue weighted by molar-refractivity contribution is 7.90. The molecule has 0 unspecified atom stereocenters. The van der Waals surface area contributed by atoms with Gasteiger partial charge in [-0.25, -0.2) is 16.8 Å². The molecule has 1 N–H and O–H groups in total. The highest BCUT2D eigenvalue weighted by Crippen LogP contribution is 2.38. The van der Waals surface area contributed by atoms with Gasteiger partial charge in [-0.2, -0.15) is 8.61 Å². The summed E-state index contributed by atoms with van der Waals surface area (Å²) in [5.41, 5.74) is 2.27. The molecule has 0 bridgehead atoms. The summed E-state index contributed by atoms with van der Waals surface area (Å²) in [5, 5.41) is 3.42. The number of hydrogen-bond donors (Lipinski definition) is 1. The van der Waals surface area contributed by atoms with E-state index in [4.69, 9.17) is 0 Å². The molecule has 0 atom stereocenters. The minimum atomic E-state index is -3.91. The monoisotopic (exact) mass is 619 g/mol. The van der Waals surface area contributed by atoms with Crippen molar-refractivity contribution < 1.29 is 16.8 Å². The lowest BCUT2D eigenvalue weighted by Crippen LogP contribution is -2.39. The third-order valence-electron chi connectivity index (χ3n) is 8.27. The lowest BCUT2D eigenvalue weighted by atomic mass is 10.1. The molecule has 0 saturated carbocycles. The number of rotatable bonds is 14. The van der Waals surface area contributed by atoms with Crippen LogP contribution in [-0.2, 0) is 26.5 Å². The minimum absolute atomic E-state index is 0.0621. The molecule has 2 saturated heterocycles. The number of likely N-dealkylation sites (N-methyl/N-ethyl adjacent to an activating group) is 2. The molecule has 11 heteroatoms. The van der Waals surface area contributed by atoms with E-state index >= 15 is 0 Å². The Hall–Kier alpha value is -2.18. The molecule has 2 fully saturated rings. The normalized spacial score (nSPS) is 17.4. The van der Waals surface area contributed by atoms with Gasteiger partial charge in [-0.1, -0.05) is 43.2 Å². The van der Waals surface area contributed by atoms with E-state index in [-0.39, 0.29) is 9.79 Å². The van der Waals surface area contributed by atoms with E-state index in [2.05, 4.69) is 27.2 Å². The van der Waals surface area contributed by atoms with E-state index in [1.807, 2.05) is 39.2 Å². The molecule has 42 heavy (non-hydrogen) atoms. The lowest BCUT2D eigenvalue weighted by Gasteiger charge is -2.32. The summed E-state index contributed by atoms with van der Waals surface area (Å²) in [6.07, 6.45) is 6.92. The zero-order valence-electron chi connectivity index (χ0n) is 25.6. The van der Waals surface area contributed by atoms with Crippen LogP contribution >= 0.6 is 0 Å². The molecule has 0 amide bonds.